The van der Waals surface area contributed by atoms with E-state index in [1.165, 1.54) is 0 Å². The van der Waals surface area contributed by atoms with E-state index < -0.39 is 0 Å². The van der Waals surface area contributed by atoms with Gasteiger partial charge in [0.1, 0.15) is 0 Å². The monoisotopic (exact) mass is 421 g/mol. The molecule has 9 heteroatoms. The van der Waals surface area contributed by atoms with Crippen LogP contribution in [-0.4, -0.2) is 62.2 Å². The summed E-state index contributed by atoms with van der Waals surface area (Å²) in [7, 11) is 0. The highest BCUT2D eigenvalue weighted by Gasteiger charge is 2.34. The number of carbonyl (C=O) groups is 1. The molecule has 0 unspecified atom stereocenters. The largest absolute Gasteiger partial charge is 0.454 e. The molecule has 1 aromatic carbocycles. The molecule has 0 atom stereocenters. The van der Waals surface area contributed by atoms with Gasteiger partial charge in [0.05, 0.1) is 29.8 Å². The molecule has 31 heavy (non-hydrogen) atoms. The second-order valence-corrected chi connectivity index (χ2v) is 7.55. The number of rotatable bonds is 7. The fraction of sp³-hybridized carbons (Fsp3) is 0.364. The third-order valence-electron chi connectivity index (χ3n) is 5.54. The van der Waals surface area contributed by atoms with Gasteiger partial charge >= 0.3 is 0 Å². The zero-order valence-corrected chi connectivity index (χ0v) is 17.2. The number of carbonyl (C=O) groups excluding carboxylic acids is 1. The van der Waals surface area contributed by atoms with E-state index in [2.05, 4.69) is 10.1 Å². The number of ether oxygens (including phenoxy) is 2. The number of aromatic nitrogens is 4. The van der Waals surface area contributed by atoms with Gasteiger partial charge in [0.15, 0.2) is 11.5 Å². The quantitative estimate of drug-likeness (QED) is 0.625. The number of nitrogens with zero attached hydrogens (tertiary/aromatic N) is 5. The summed E-state index contributed by atoms with van der Waals surface area (Å²) in [6.45, 7) is 2.85. The van der Waals surface area contributed by atoms with E-state index >= 15 is 0 Å². The minimum atomic E-state index is -0.128. The van der Waals surface area contributed by atoms with Gasteiger partial charge < -0.3 is 19.5 Å². The molecule has 0 spiro atoms. The van der Waals surface area contributed by atoms with Crippen molar-refractivity contribution in [3.63, 3.8) is 0 Å². The summed E-state index contributed by atoms with van der Waals surface area (Å²) >= 11 is 0. The average molecular weight is 421 g/mol. The predicted molar refractivity (Wildman–Crippen MR) is 111 cm³/mol. The summed E-state index contributed by atoms with van der Waals surface area (Å²) in [5, 5.41) is 13.8. The maximum absolute atomic E-state index is 13.1. The van der Waals surface area contributed by atoms with Gasteiger partial charge in [0.2, 0.25) is 6.79 Å². The van der Waals surface area contributed by atoms with Gasteiger partial charge in [-0.3, -0.25) is 4.79 Å². The van der Waals surface area contributed by atoms with Crippen LogP contribution in [0.5, 0.6) is 11.5 Å². The van der Waals surface area contributed by atoms with Crippen molar-refractivity contribution in [3.8, 4) is 28.7 Å². The zero-order valence-electron chi connectivity index (χ0n) is 17.2. The third kappa shape index (κ3) is 3.61. The molecule has 0 bridgehead atoms. The van der Waals surface area contributed by atoms with Crippen molar-refractivity contribution in [1.82, 2.24) is 24.6 Å². The average Bonchev–Trinajstić information content (AvgIpc) is 3.36. The third-order valence-corrected chi connectivity index (χ3v) is 5.54. The topological polar surface area (TPSA) is 103 Å². The van der Waals surface area contributed by atoms with Crippen LogP contribution in [0.3, 0.4) is 0 Å². The van der Waals surface area contributed by atoms with E-state index in [0.717, 1.165) is 29.8 Å². The molecule has 3 heterocycles. The maximum atomic E-state index is 13.1. The zero-order chi connectivity index (χ0) is 21.4. The molecule has 3 aromatic rings. The number of amides is 1. The molecule has 1 amide bonds. The molecule has 2 aliphatic rings. The second kappa shape index (κ2) is 7.99. The summed E-state index contributed by atoms with van der Waals surface area (Å²) in [4.78, 5) is 23.8. The number of fused-ring (bicyclic) bond motifs is 1. The van der Waals surface area contributed by atoms with Crippen LogP contribution in [0.2, 0.25) is 0 Å². The molecular formula is C22H23N5O4. The van der Waals surface area contributed by atoms with Crippen LogP contribution in [0.25, 0.3) is 17.2 Å². The number of benzene rings is 1. The highest BCUT2D eigenvalue weighted by Crippen LogP contribution is 2.42. The van der Waals surface area contributed by atoms with Gasteiger partial charge in [-0.25, -0.2) is 14.6 Å². The van der Waals surface area contributed by atoms with E-state index in [0.29, 0.717) is 36.1 Å². The van der Waals surface area contributed by atoms with Gasteiger partial charge in [0, 0.05) is 30.8 Å². The Morgan fingerprint density at radius 3 is 2.87 bits per heavy atom. The molecule has 0 saturated heterocycles. The van der Waals surface area contributed by atoms with Gasteiger partial charge in [-0.1, -0.05) is 0 Å². The SMILES string of the molecule is CCN(CCO)C(=O)c1cnn(-c2nccc(-c3ccc4c(c3)OCO4)n2)c1C1CC1. The highest BCUT2D eigenvalue weighted by molar-refractivity contribution is 5.95. The summed E-state index contributed by atoms with van der Waals surface area (Å²) in [5.41, 5.74) is 2.99. The molecule has 9 nitrogen and oxygen atoms in total. The van der Waals surface area contributed by atoms with Crippen molar-refractivity contribution < 1.29 is 19.4 Å². The molecule has 1 aliphatic heterocycles. The number of likely N-dealkylation sites (N-methyl/N-ethyl adjacent to an activating group) is 1. The normalized spacial score (nSPS) is 14.6. The van der Waals surface area contributed by atoms with E-state index in [9.17, 15) is 9.90 Å². The van der Waals surface area contributed by atoms with E-state index in [-0.39, 0.29) is 25.2 Å². The fourth-order valence-corrected chi connectivity index (χ4v) is 3.79. The van der Waals surface area contributed by atoms with Crippen LogP contribution >= 0.6 is 0 Å². The maximum Gasteiger partial charge on any atom is 0.257 e. The Bertz CT molecular complexity index is 1120. The van der Waals surface area contributed by atoms with Crippen LogP contribution in [-0.2, 0) is 0 Å². The number of aliphatic hydroxyl groups is 1. The summed E-state index contributed by atoms with van der Waals surface area (Å²) in [6.07, 6.45) is 5.28. The predicted octanol–water partition coefficient (Wildman–Crippen LogP) is 2.39. The first-order chi connectivity index (χ1) is 15.2. The lowest BCUT2D eigenvalue weighted by molar-refractivity contribution is 0.0730. The van der Waals surface area contributed by atoms with Crippen molar-refractivity contribution in [2.24, 2.45) is 0 Å². The first kappa shape index (κ1) is 19.5. The standard InChI is InChI=1S/C22H23N5O4/c1-2-26(9-10-28)21(29)16-12-24-27(20(16)14-3-4-14)22-23-8-7-17(25-22)15-5-6-18-19(11-15)31-13-30-18/h5-8,11-12,14,28H,2-4,9-10,13H2,1H3. The van der Waals surface area contributed by atoms with Crippen LogP contribution in [0, 0.1) is 0 Å². The highest BCUT2D eigenvalue weighted by atomic mass is 16.7. The van der Waals surface area contributed by atoms with E-state index in [4.69, 9.17) is 14.5 Å². The Hall–Kier alpha value is -3.46. The van der Waals surface area contributed by atoms with Gasteiger partial charge in [0.25, 0.3) is 11.9 Å². The number of hydrogen-bond acceptors (Lipinski definition) is 7. The fourth-order valence-electron chi connectivity index (χ4n) is 3.79. The number of aliphatic hydroxyl groups excluding tert-OH is 1. The van der Waals surface area contributed by atoms with E-state index in [1.807, 2.05) is 31.2 Å². The molecule has 2 aromatic heterocycles. The Balaban J connectivity index is 1.52. The van der Waals surface area contributed by atoms with Crippen LogP contribution in [0.1, 0.15) is 41.7 Å². The summed E-state index contributed by atoms with van der Waals surface area (Å²) in [6, 6.07) is 7.50. The lowest BCUT2D eigenvalue weighted by atomic mass is 10.1. The molecule has 1 saturated carbocycles. The Kier molecular flexibility index (Phi) is 5.03. The van der Waals surface area contributed by atoms with Crippen molar-refractivity contribution in [2.45, 2.75) is 25.7 Å². The van der Waals surface area contributed by atoms with Gasteiger partial charge in [-0.2, -0.15) is 5.10 Å². The lowest BCUT2D eigenvalue weighted by Gasteiger charge is -2.19. The Morgan fingerprint density at radius 2 is 2.10 bits per heavy atom. The van der Waals surface area contributed by atoms with Crippen molar-refractivity contribution >= 4 is 5.91 Å². The first-order valence-corrected chi connectivity index (χ1v) is 10.4. The number of hydrogen-bond donors (Lipinski definition) is 1. The van der Waals surface area contributed by atoms with Crippen LogP contribution in [0.4, 0.5) is 0 Å². The first-order valence-electron chi connectivity index (χ1n) is 10.4. The molecule has 0 radical (unpaired) electrons. The van der Waals surface area contributed by atoms with Gasteiger partial charge in [-0.15, -0.1) is 0 Å². The van der Waals surface area contributed by atoms with Crippen molar-refractivity contribution in [1.29, 1.82) is 0 Å². The minimum absolute atomic E-state index is 0.0762. The molecule has 1 aliphatic carbocycles. The Morgan fingerprint density at radius 1 is 1.26 bits per heavy atom. The van der Waals surface area contributed by atoms with Crippen molar-refractivity contribution in [3.05, 3.63) is 47.9 Å². The molecule has 1 N–H and O–H groups in total. The molecule has 1 fully saturated rings. The van der Waals surface area contributed by atoms with Gasteiger partial charge in [-0.05, 0) is 44.0 Å². The molecular weight excluding hydrogens is 398 g/mol. The smallest absolute Gasteiger partial charge is 0.257 e. The summed E-state index contributed by atoms with van der Waals surface area (Å²) in [5.74, 6) is 1.95. The lowest BCUT2D eigenvalue weighted by Crippen LogP contribution is -2.33. The Labute approximate surface area is 179 Å². The second-order valence-electron chi connectivity index (χ2n) is 7.55. The van der Waals surface area contributed by atoms with Crippen LogP contribution in [0.15, 0.2) is 36.7 Å². The van der Waals surface area contributed by atoms with E-state index in [1.54, 1.807) is 22.0 Å². The molecule has 5 rings (SSSR count). The van der Waals surface area contributed by atoms with Crippen molar-refractivity contribution in [2.75, 3.05) is 26.5 Å². The summed E-state index contributed by atoms with van der Waals surface area (Å²) < 4.78 is 12.5. The van der Waals surface area contributed by atoms with Crippen LogP contribution < -0.4 is 9.47 Å². The molecule has 160 valence electrons. The minimum Gasteiger partial charge on any atom is -0.454 e.